The standard InChI is InChI=1S/C11H9Cl2NO/c12-8-7-5-3-1-2-4-6(5)11(15)14-10(7)9(8)13/h1-4,7-10H,(H,14,15)/t7-,8+,9-,10-/m1/s1. The lowest BCUT2D eigenvalue weighted by Crippen LogP contribution is -2.63. The fourth-order valence-electron chi connectivity index (χ4n) is 2.40. The number of rotatable bonds is 0. The van der Waals surface area contributed by atoms with Gasteiger partial charge in [-0.3, -0.25) is 4.79 Å². The topological polar surface area (TPSA) is 29.1 Å². The zero-order valence-electron chi connectivity index (χ0n) is 7.78. The van der Waals surface area contributed by atoms with Crippen LogP contribution in [0.25, 0.3) is 0 Å². The van der Waals surface area contributed by atoms with Crippen molar-refractivity contribution in [3.05, 3.63) is 35.4 Å². The van der Waals surface area contributed by atoms with E-state index >= 15 is 0 Å². The number of alkyl halides is 2. The van der Waals surface area contributed by atoms with Gasteiger partial charge in [-0.2, -0.15) is 0 Å². The Balaban J connectivity index is 2.10. The first-order chi connectivity index (χ1) is 7.20. The molecular formula is C11H9Cl2NO. The highest BCUT2D eigenvalue weighted by molar-refractivity contribution is 6.33. The van der Waals surface area contributed by atoms with Crippen molar-refractivity contribution in [2.24, 2.45) is 0 Å². The quantitative estimate of drug-likeness (QED) is 0.693. The van der Waals surface area contributed by atoms with Crippen molar-refractivity contribution >= 4 is 29.1 Å². The Hall–Kier alpha value is -0.730. The van der Waals surface area contributed by atoms with Crippen molar-refractivity contribution in [2.75, 3.05) is 0 Å². The SMILES string of the molecule is O=C1N[C@H]2[C@H](Cl)[C@@H](Cl)[C@H]2c2ccccc21. The van der Waals surface area contributed by atoms with E-state index in [0.717, 1.165) is 11.1 Å². The van der Waals surface area contributed by atoms with E-state index in [1.54, 1.807) is 0 Å². The summed E-state index contributed by atoms with van der Waals surface area (Å²) in [6.45, 7) is 0. The number of nitrogens with one attached hydrogen (secondary N) is 1. The van der Waals surface area contributed by atoms with Gasteiger partial charge in [0.2, 0.25) is 0 Å². The molecule has 0 aromatic heterocycles. The molecule has 15 heavy (non-hydrogen) atoms. The highest BCUT2D eigenvalue weighted by Gasteiger charge is 2.53. The van der Waals surface area contributed by atoms with Crippen LogP contribution in [0, 0.1) is 0 Å². The summed E-state index contributed by atoms with van der Waals surface area (Å²) in [6, 6.07) is 7.57. The minimum absolute atomic E-state index is 0.00318. The predicted octanol–water partition coefficient (Wildman–Crippen LogP) is 2.11. The maximum absolute atomic E-state index is 11.7. The molecule has 2 aliphatic rings. The molecule has 1 fully saturated rings. The highest BCUT2D eigenvalue weighted by Crippen LogP contribution is 2.47. The van der Waals surface area contributed by atoms with Crippen molar-refractivity contribution in [1.29, 1.82) is 0 Å². The number of halogens is 2. The summed E-state index contributed by atoms with van der Waals surface area (Å²) < 4.78 is 0. The third-order valence-corrected chi connectivity index (χ3v) is 4.45. The van der Waals surface area contributed by atoms with E-state index in [0.29, 0.717) is 0 Å². The second kappa shape index (κ2) is 3.13. The molecule has 1 aliphatic carbocycles. The van der Waals surface area contributed by atoms with Crippen LogP contribution in [0.1, 0.15) is 21.8 Å². The number of hydrogen-bond donors (Lipinski definition) is 1. The van der Waals surface area contributed by atoms with Crippen molar-refractivity contribution in [3.8, 4) is 0 Å². The molecule has 4 heteroatoms. The Morgan fingerprint density at radius 2 is 1.87 bits per heavy atom. The number of hydrogen-bond acceptors (Lipinski definition) is 1. The van der Waals surface area contributed by atoms with Crippen molar-refractivity contribution < 1.29 is 4.79 Å². The van der Waals surface area contributed by atoms with Crippen LogP contribution in [0.15, 0.2) is 24.3 Å². The van der Waals surface area contributed by atoms with Crippen LogP contribution in [0.2, 0.25) is 0 Å². The lowest BCUT2D eigenvalue weighted by atomic mass is 9.70. The molecule has 0 saturated heterocycles. The van der Waals surface area contributed by atoms with Crippen LogP contribution in [0.4, 0.5) is 0 Å². The Bertz CT molecular complexity index is 434. The molecule has 1 aromatic carbocycles. The summed E-state index contributed by atoms with van der Waals surface area (Å²) in [6.07, 6.45) is 0. The van der Waals surface area contributed by atoms with Crippen LogP contribution in [0.5, 0.6) is 0 Å². The molecule has 1 amide bonds. The fraction of sp³-hybridized carbons (Fsp3) is 0.364. The van der Waals surface area contributed by atoms with Crippen LogP contribution < -0.4 is 5.32 Å². The molecule has 78 valence electrons. The van der Waals surface area contributed by atoms with Gasteiger partial charge in [0, 0.05) is 11.5 Å². The summed E-state index contributed by atoms with van der Waals surface area (Å²) in [7, 11) is 0. The van der Waals surface area contributed by atoms with Crippen molar-refractivity contribution in [1.82, 2.24) is 5.32 Å². The molecule has 1 aromatic rings. The zero-order valence-corrected chi connectivity index (χ0v) is 9.29. The van der Waals surface area contributed by atoms with Gasteiger partial charge in [0.15, 0.2) is 0 Å². The van der Waals surface area contributed by atoms with Gasteiger partial charge in [0.25, 0.3) is 5.91 Å². The molecule has 1 aliphatic heterocycles. The first kappa shape index (κ1) is 9.49. The third kappa shape index (κ3) is 1.15. The predicted molar refractivity (Wildman–Crippen MR) is 59.7 cm³/mol. The lowest BCUT2D eigenvalue weighted by molar-refractivity contribution is 0.0884. The monoisotopic (exact) mass is 241 g/mol. The zero-order chi connectivity index (χ0) is 10.6. The van der Waals surface area contributed by atoms with Crippen LogP contribution >= 0.6 is 23.2 Å². The van der Waals surface area contributed by atoms with Crippen LogP contribution in [-0.4, -0.2) is 22.7 Å². The van der Waals surface area contributed by atoms with Gasteiger partial charge < -0.3 is 5.32 Å². The number of carbonyl (C=O) groups is 1. The number of benzene rings is 1. The van der Waals surface area contributed by atoms with E-state index in [9.17, 15) is 4.79 Å². The lowest BCUT2D eigenvalue weighted by Gasteiger charge is -2.49. The largest absolute Gasteiger partial charge is 0.347 e. The molecule has 4 atom stereocenters. The Labute approximate surface area is 97.6 Å². The molecular weight excluding hydrogens is 233 g/mol. The maximum Gasteiger partial charge on any atom is 0.251 e. The van der Waals surface area contributed by atoms with Gasteiger partial charge in [-0.25, -0.2) is 0 Å². The van der Waals surface area contributed by atoms with E-state index in [-0.39, 0.29) is 28.6 Å². The first-order valence-electron chi connectivity index (χ1n) is 4.88. The third-order valence-electron chi connectivity index (χ3n) is 3.24. The van der Waals surface area contributed by atoms with E-state index < -0.39 is 0 Å². The summed E-state index contributed by atoms with van der Waals surface area (Å²) in [5, 5.41) is 2.65. The molecule has 3 rings (SSSR count). The van der Waals surface area contributed by atoms with E-state index in [1.165, 1.54) is 0 Å². The summed E-state index contributed by atoms with van der Waals surface area (Å²) in [4.78, 5) is 11.7. The summed E-state index contributed by atoms with van der Waals surface area (Å²) in [5.74, 6) is 0.129. The van der Waals surface area contributed by atoms with E-state index in [1.807, 2.05) is 24.3 Å². The molecule has 0 spiro atoms. The minimum atomic E-state index is -0.158. The maximum atomic E-state index is 11.7. The Morgan fingerprint density at radius 3 is 2.67 bits per heavy atom. The average Bonchev–Trinajstić information content (AvgIpc) is 2.28. The molecule has 0 radical (unpaired) electrons. The number of fused-ring (bicyclic) bond motifs is 3. The average molecular weight is 242 g/mol. The van der Waals surface area contributed by atoms with Gasteiger partial charge in [-0.15, -0.1) is 23.2 Å². The first-order valence-corrected chi connectivity index (χ1v) is 5.75. The number of carbonyl (C=O) groups excluding carboxylic acids is 1. The molecule has 1 N–H and O–H groups in total. The van der Waals surface area contributed by atoms with Crippen molar-refractivity contribution in [2.45, 2.75) is 22.7 Å². The summed E-state index contributed by atoms with van der Waals surface area (Å²) in [5.41, 5.74) is 1.76. The number of amides is 1. The van der Waals surface area contributed by atoms with Gasteiger partial charge in [-0.1, -0.05) is 18.2 Å². The van der Waals surface area contributed by atoms with Gasteiger partial charge in [0.05, 0.1) is 16.8 Å². The molecule has 0 bridgehead atoms. The minimum Gasteiger partial charge on any atom is -0.347 e. The molecule has 0 unspecified atom stereocenters. The molecule has 2 nitrogen and oxygen atoms in total. The van der Waals surface area contributed by atoms with Crippen LogP contribution in [0.3, 0.4) is 0 Å². The van der Waals surface area contributed by atoms with Crippen LogP contribution in [-0.2, 0) is 0 Å². The molecule has 1 heterocycles. The normalized spacial score (nSPS) is 37.3. The Kier molecular flexibility index (Phi) is 1.98. The van der Waals surface area contributed by atoms with Gasteiger partial charge >= 0.3 is 0 Å². The second-order valence-electron chi connectivity index (χ2n) is 4.00. The van der Waals surface area contributed by atoms with Crippen molar-refractivity contribution in [3.63, 3.8) is 0 Å². The second-order valence-corrected chi connectivity index (χ2v) is 5.01. The Morgan fingerprint density at radius 1 is 1.13 bits per heavy atom. The fourth-order valence-corrected chi connectivity index (χ4v) is 3.23. The van der Waals surface area contributed by atoms with E-state index in [4.69, 9.17) is 23.2 Å². The smallest absolute Gasteiger partial charge is 0.251 e. The highest BCUT2D eigenvalue weighted by atomic mass is 35.5. The molecule has 1 saturated carbocycles. The van der Waals surface area contributed by atoms with Gasteiger partial charge in [-0.05, 0) is 11.6 Å². The van der Waals surface area contributed by atoms with E-state index in [2.05, 4.69) is 5.32 Å². The van der Waals surface area contributed by atoms with Gasteiger partial charge in [0.1, 0.15) is 0 Å². The summed E-state index contributed by atoms with van der Waals surface area (Å²) >= 11 is 12.2.